The zero-order valence-electron chi connectivity index (χ0n) is 37.5. The lowest BCUT2D eigenvalue weighted by atomic mass is 9.86. The number of hydrogen-bond acceptors (Lipinski definition) is 14. The molecule has 9 rings (SSSR count). The zero-order valence-corrected chi connectivity index (χ0v) is 38.3. The van der Waals surface area contributed by atoms with E-state index in [1.54, 1.807) is 21.7 Å². The van der Waals surface area contributed by atoms with E-state index in [0.29, 0.717) is 40.5 Å². The summed E-state index contributed by atoms with van der Waals surface area (Å²) in [5.74, 6) is 1.32. The number of pyridine rings is 2. The van der Waals surface area contributed by atoms with Crippen molar-refractivity contribution >= 4 is 63.5 Å². The normalized spacial score (nSPS) is 25.1. The maximum Gasteiger partial charge on any atom is 0.293 e. The molecule has 18 nitrogen and oxygen atoms in total. The molecule has 4 atom stereocenters. The van der Waals surface area contributed by atoms with E-state index in [-0.39, 0.29) is 72.4 Å². The first-order chi connectivity index (χ1) is 31.3. The van der Waals surface area contributed by atoms with Crippen LogP contribution in [0.2, 0.25) is 5.02 Å². The SMILES string of the molecule is CNC(=O)COc1cc2cc(Nc3nc(N4CCC(OC5CC(N6CCN(c7ccc8c(n7)C(C)N(C7CCC(=O)NC7O)C8=O)[C@@H](C)C6)C5)CC4)ncc3Cl)ccc2n(C(C)C)c1=O. The minimum absolute atomic E-state index is 0.0931. The number of carbonyl (C=O) groups is 3. The fourth-order valence-corrected chi connectivity index (χ4v) is 10.2. The molecule has 19 heteroatoms. The highest BCUT2D eigenvalue weighted by atomic mass is 35.5. The summed E-state index contributed by atoms with van der Waals surface area (Å²) in [7, 11) is 1.52. The second kappa shape index (κ2) is 18.4. The molecule has 0 bridgehead atoms. The van der Waals surface area contributed by atoms with Gasteiger partial charge >= 0.3 is 0 Å². The zero-order chi connectivity index (χ0) is 45.7. The lowest BCUT2D eigenvalue weighted by molar-refractivity contribution is -0.130. The van der Waals surface area contributed by atoms with Gasteiger partial charge < -0.3 is 49.8 Å². The number of nitrogens with zero attached hydrogens (tertiary/aromatic N) is 8. The van der Waals surface area contributed by atoms with E-state index in [2.05, 4.69) is 42.6 Å². The van der Waals surface area contributed by atoms with Gasteiger partial charge in [0.2, 0.25) is 11.9 Å². The van der Waals surface area contributed by atoms with Gasteiger partial charge in [-0.2, -0.15) is 4.98 Å². The molecule has 0 spiro atoms. The summed E-state index contributed by atoms with van der Waals surface area (Å²) >= 11 is 6.61. The number of piperazine rings is 1. The molecule has 4 aliphatic heterocycles. The Kier molecular flexibility index (Phi) is 12.6. The van der Waals surface area contributed by atoms with Crippen LogP contribution in [0.1, 0.15) is 94.4 Å². The van der Waals surface area contributed by atoms with Gasteiger partial charge in [-0.25, -0.2) is 9.97 Å². The van der Waals surface area contributed by atoms with Gasteiger partial charge in [0.25, 0.3) is 17.4 Å². The Hall–Kier alpha value is -5.56. The molecule has 7 heterocycles. The minimum Gasteiger partial charge on any atom is -0.478 e. The number of likely N-dealkylation sites (N-methyl/N-ethyl adjacent to an activating group) is 1. The van der Waals surface area contributed by atoms with E-state index in [9.17, 15) is 24.3 Å². The van der Waals surface area contributed by atoms with Gasteiger partial charge in [0.15, 0.2) is 18.2 Å². The lowest BCUT2D eigenvalue weighted by Crippen LogP contribution is -2.59. The summed E-state index contributed by atoms with van der Waals surface area (Å²) in [4.78, 5) is 73.5. The van der Waals surface area contributed by atoms with Crippen LogP contribution in [-0.4, -0.2) is 135 Å². The number of aliphatic hydroxyl groups is 1. The van der Waals surface area contributed by atoms with E-state index in [1.807, 2.05) is 51.1 Å². The van der Waals surface area contributed by atoms with Gasteiger partial charge in [0, 0.05) is 75.4 Å². The largest absolute Gasteiger partial charge is 0.478 e. The third-order valence-corrected chi connectivity index (χ3v) is 14.0. The second-order valence-electron chi connectivity index (χ2n) is 18.2. The monoisotopic (exact) mass is 911 g/mol. The number of carbonyl (C=O) groups excluding carboxylic acids is 3. The number of halogens is 1. The van der Waals surface area contributed by atoms with Gasteiger partial charge in [0.1, 0.15) is 17.1 Å². The highest BCUT2D eigenvalue weighted by Crippen LogP contribution is 2.39. The molecule has 1 aliphatic carbocycles. The van der Waals surface area contributed by atoms with E-state index in [4.69, 9.17) is 31.0 Å². The number of nitrogens with one attached hydrogen (secondary N) is 3. The van der Waals surface area contributed by atoms with Crippen LogP contribution in [0.15, 0.2) is 47.4 Å². The molecule has 3 aromatic heterocycles. The van der Waals surface area contributed by atoms with Crippen LogP contribution in [0.25, 0.3) is 10.9 Å². The predicted octanol–water partition coefficient (Wildman–Crippen LogP) is 4.13. The molecule has 5 aliphatic rings. The fourth-order valence-electron chi connectivity index (χ4n) is 10.1. The van der Waals surface area contributed by atoms with Crippen molar-refractivity contribution in [2.75, 3.05) is 61.5 Å². The van der Waals surface area contributed by atoms with E-state index < -0.39 is 12.3 Å². The topological polar surface area (TPSA) is 200 Å². The number of ether oxygens (including phenoxy) is 2. The van der Waals surface area contributed by atoms with Crippen molar-refractivity contribution in [3.63, 3.8) is 0 Å². The number of fused-ring (bicyclic) bond motifs is 2. The maximum atomic E-state index is 13.4. The number of aromatic nitrogens is 4. The molecule has 65 heavy (non-hydrogen) atoms. The molecule has 1 saturated carbocycles. The van der Waals surface area contributed by atoms with E-state index in [0.717, 1.165) is 80.8 Å². The highest BCUT2D eigenvalue weighted by molar-refractivity contribution is 6.33. The van der Waals surface area contributed by atoms with Crippen molar-refractivity contribution in [1.82, 2.24) is 40.0 Å². The number of piperidine rings is 2. The summed E-state index contributed by atoms with van der Waals surface area (Å²) in [6, 6.07) is 10.9. The van der Waals surface area contributed by atoms with Crippen LogP contribution < -0.4 is 36.0 Å². The molecule has 3 unspecified atom stereocenters. The molecule has 1 aromatic carbocycles. The third-order valence-electron chi connectivity index (χ3n) is 13.7. The second-order valence-corrected chi connectivity index (χ2v) is 18.6. The first kappa shape index (κ1) is 44.6. The van der Waals surface area contributed by atoms with E-state index in [1.165, 1.54) is 7.05 Å². The van der Waals surface area contributed by atoms with Gasteiger partial charge in [-0.3, -0.25) is 24.1 Å². The Morgan fingerprint density at radius 3 is 2.51 bits per heavy atom. The molecule has 0 radical (unpaired) electrons. The Balaban J connectivity index is 0.753. The van der Waals surface area contributed by atoms with Gasteiger partial charge in [0.05, 0.1) is 47.3 Å². The van der Waals surface area contributed by atoms with Crippen molar-refractivity contribution < 1.29 is 29.0 Å². The summed E-state index contributed by atoms with van der Waals surface area (Å²) in [6.07, 6.45) is 5.37. The highest BCUT2D eigenvalue weighted by Gasteiger charge is 2.45. The van der Waals surface area contributed by atoms with Crippen LogP contribution in [0.3, 0.4) is 0 Å². The third kappa shape index (κ3) is 8.92. The van der Waals surface area contributed by atoms with Crippen LogP contribution in [0.4, 0.5) is 23.3 Å². The Bertz CT molecular complexity index is 2530. The van der Waals surface area contributed by atoms with Crippen molar-refractivity contribution in [3.05, 3.63) is 69.2 Å². The van der Waals surface area contributed by atoms with Crippen LogP contribution in [0.5, 0.6) is 5.75 Å². The molecule has 346 valence electrons. The molecular weight excluding hydrogens is 854 g/mol. The predicted molar refractivity (Wildman–Crippen MR) is 246 cm³/mol. The fraction of sp³-hybridized carbons (Fsp3) is 0.543. The van der Waals surface area contributed by atoms with Crippen molar-refractivity contribution in [2.45, 2.75) is 115 Å². The van der Waals surface area contributed by atoms with Crippen LogP contribution >= 0.6 is 11.6 Å². The van der Waals surface area contributed by atoms with Gasteiger partial charge in [-0.1, -0.05) is 11.6 Å². The lowest BCUT2D eigenvalue weighted by Gasteiger charge is -2.49. The number of amides is 3. The molecule has 4 N–H and O–H groups in total. The number of anilines is 4. The maximum absolute atomic E-state index is 13.4. The van der Waals surface area contributed by atoms with E-state index >= 15 is 0 Å². The molecule has 4 aromatic rings. The van der Waals surface area contributed by atoms with Crippen molar-refractivity contribution in [3.8, 4) is 5.75 Å². The first-order valence-corrected chi connectivity index (χ1v) is 23.2. The quantitative estimate of drug-likeness (QED) is 0.158. The Morgan fingerprint density at radius 1 is 1.00 bits per heavy atom. The summed E-state index contributed by atoms with van der Waals surface area (Å²) in [5.41, 5.74) is 2.43. The number of aliphatic hydroxyl groups excluding tert-OH is 1. The molecular formula is C46H58ClN11O7. The Labute approximate surface area is 382 Å². The van der Waals surface area contributed by atoms with Gasteiger partial charge in [-0.15, -0.1) is 0 Å². The molecule has 3 amide bonds. The Morgan fingerprint density at radius 2 is 1.78 bits per heavy atom. The standard InChI is InChI=1S/C46H58ClN11O7/c1-25(2)57-35-8-6-29(18-28(35)19-37(45(57)63)64-24-40(60)48-5)50-42-34(47)22-49-46(53-42)54-14-12-31(13-15-54)65-32-20-30(21-32)55-16-17-56(26(3)23-55)38-10-7-33-41(51-38)27(4)58(44(33)62)36-9-11-39(59)52-43(36)61/h6-8,10,18-19,22,25-27,30-32,36,43,61H,9,11-17,20-21,23-24H2,1-5H3,(H,48,60)(H,52,59)(H,49,50,53)/t26-,27?,30?,32?,36?,43?/m0/s1. The minimum atomic E-state index is -1.09. The van der Waals surface area contributed by atoms with Crippen LogP contribution in [0, 0.1) is 0 Å². The number of hydrogen-bond donors (Lipinski definition) is 4. The summed E-state index contributed by atoms with van der Waals surface area (Å²) < 4.78 is 13.9. The smallest absolute Gasteiger partial charge is 0.293 e. The first-order valence-electron chi connectivity index (χ1n) is 22.8. The molecule has 4 fully saturated rings. The van der Waals surface area contributed by atoms with Gasteiger partial charge in [-0.05, 0) is 96.2 Å². The van der Waals surface area contributed by atoms with Crippen molar-refractivity contribution in [1.29, 1.82) is 0 Å². The average Bonchev–Trinajstić information content (AvgIpc) is 3.52. The van der Waals surface area contributed by atoms with Crippen LogP contribution in [-0.2, 0) is 14.3 Å². The number of rotatable bonds is 12. The summed E-state index contributed by atoms with van der Waals surface area (Å²) in [5, 5.41) is 20.1. The molecule has 3 saturated heterocycles. The average molecular weight is 912 g/mol. The number of benzene rings is 1. The van der Waals surface area contributed by atoms with Crippen molar-refractivity contribution in [2.24, 2.45) is 0 Å². The summed E-state index contributed by atoms with van der Waals surface area (Å²) in [6.45, 7) is 11.9.